The SMILES string of the molecule is COc1ccc(C(NC(=O)c2cc(Cl)ccc2F)C2CC(O)C2)cc1F. The summed E-state index contributed by atoms with van der Waals surface area (Å²) in [6, 6.07) is 7.55. The Morgan fingerprint density at radius 3 is 2.58 bits per heavy atom. The lowest BCUT2D eigenvalue weighted by Gasteiger charge is -2.38. The monoisotopic (exact) mass is 381 g/mol. The topological polar surface area (TPSA) is 58.6 Å². The van der Waals surface area contributed by atoms with Gasteiger partial charge in [-0.3, -0.25) is 4.79 Å². The fourth-order valence-corrected chi connectivity index (χ4v) is 3.31. The Morgan fingerprint density at radius 1 is 1.23 bits per heavy atom. The maximum Gasteiger partial charge on any atom is 0.254 e. The number of benzene rings is 2. The number of rotatable bonds is 5. The Kier molecular flexibility index (Phi) is 5.44. The fraction of sp³-hybridized carbons (Fsp3) is 0.316. The van der Waals surface area contributed by atoms with Gasteiger partial charge < -0.3 is 15.2 Å². The number of hydrogen-bond donors (Lipinski definition) is 2. The van der Waals surface area contributed by atoms with E-state index in [2.05, 4.69) is 5.32 Å². The van der Waals surface area contributed by atoms with Gasteiger partial charge >= 0.3 is 0 Å². The second-order valence-corrected chi connectivity index (χ2v) is 6.79. The Morgan fingerprint density at radius 2 is 1.96 bits per heavy atom. The molecule has 0 bridgehead atoms. The number of ether oxygens (including phenoxy) is 1. The molecule has 3 rings (SSSR count). The summed E-state index contributed by atoms with van der Waals surface area (Å²) in [6.07, 6.45) is 0.484. The smallest absolute Gasteiger partial charge is 0.254 e. The van der Waals surface area contributed by atoms with Crippen LogP contribution in [0.25, 0.3) is 0 Å². The third-order valence-electron chi connectivity index (χ3n) is 4.62. The van der Waals surface area contributed by atoms with Crippen LogP contribution in [-0.4, -0.2) is 24.2 Å². The highest BCUT2D eigenvalue weighted by Gasteiger charge is 2.36. The molecule has 7 heteroatoms. The predicted octanol–water partition coefficient (Wildman–Crippen LogP) is 3.87. The van der Waals surface area contributed by atoms with Crippen molar-refractivity contribution < 1.29 is 23.4 Å². The van der Waals surface area contributed by atoms with Gasteiger partial charge in [-0.2, -0.15) is 0 Å². The number of aliphatic hydroxyl groups excluding tert-OH is 1. The summed E-state index contributed by atoms with van der Waals surface area (Å²) in [4.78, 5) is 12.5. The van der Waals surface area contributed by atoms with E-state index in [1.165, 1.54) is 31.4 Å². The quantitative estimate of drug-likeness (QED) is 0.826. The minimum Gasteiger partial charge on any atom is -0.494 e. The van der Waals surface area contributed by atoms with Gasteiger partial charge in [0.1, 0.15) is 5.82 Å². The zero-order valence-corrected chi connectivity index (χ0v) is 14.8. The number of carbonyl (C=O) groups excluding carboxylic acids is 1. The molecule has 1 fully saturated rings. The summed E-state index contributed by atoms with van der Waals surface area (Å²) in [5.41, 5.74) is 0.340. The van der Waals surface area contributed by atoms with Crippen molar-refractivity contribution in [2.75, 3.05) is 7.11 Å². The second kappa shape index (κ2) is 7.60. The van der Waals surface area contributed by atoms with Crippen LogP contribution in [0.3, 0.4) is 0 Å². The molecule has 4 nitrogen and oxygen atoms in total. The number of amides is 1. The van der Waals surface area contributed by atoms with Crippen molar-refractivity contribution in [2.45, 2.75) is 25.0 Å². The van der Waals surface area contributed by atoms with Crippen molar-refractivity contribution in [2.24, 2.45) is 5.92 Å². The minimum absolute atomic E-state index is 0.0796. The van der Waals surface area contributed by atoms with Gasteiger partial charge in [-0.1, -0.05) is 17.7 Å². The molecule has 138 valence electrons. The van der Waals surface area contributed by atoms with Crippen LogP contribution in [0.2, 0.25) is 5.02 Å². The van der Waals surface area contributed by atoms with E-state index in [0.29, 0.717) is 18.4 Å². The molecular formula is C19H18ClF2NO3. The largest absolute Gasteiger partial charge is 0.494 e. The van der Waals surface area contributed by atoms with Crippen LogP contribution in [-0.2, 0) is 0 Å². The zero-order chi connectivity index (χ0) is 18.8. The highest BCUT2D eigenvalue weighted by molar-refractivity contribution is 6.31. The van der Waals surface area contributed by atoms with Crippen LogP contribution in [0.4, 0.5) is 8.78 Å². The second-order valence-electron chi connectivity index (χ2n) is 6.35. The first-order chi connectivity index (χ1) is 12.4. The lowest BCUT2D eigenvalue weighted by molar-refractivity contribution is 0.0234. The highest BCUT2D eigenvalue weighted by atomic mass is 35.5. The minimum atomic E-state index is -0.694. The molecule has 0 saturated heterocycles. The van der Waals surface area contributed by atoms with Gasteiger partial charge in [-0.25, -0.2) is 8.78 Å². The maximum atomic E-state index is 14.1. The maximum absolute atomic E-state index is 14.1. The molecular weight excluding hydrogens is 364 g/mol. The Balaban J connectivity index is 1.88. The molecule has 1 unspecified atom stereocenters. The van der Waals surface area contributed by atoms with Crippen molar-refractivity contribution in [3.05, 3.63) is 64.2 Å². The first-order valence-corrected chi connectivity index (χ1v) is 8.54. The molecule has 1 atom stereocenters. The highest BCUT2D eigenvalue weighted by Crippen LogP contribution is 2.39. The third-order valence-corrected chi connectivity index (χ3v) is 4.85. The first kappa shape index (κ1) is 18.6. The number of nitrogens with one attached hydrogen (secondary N) is 1. The van der Waals surface area contributed by atoms with Gasteiger partial charge in [0.15, 0.2) is 11.6 Å². The van der Waals surface area contributed by atoms with Gasteiger partial charge in [0, 0.05) is 5.02 Å². The number of aliphatic hydroxyl groups is 1. The molecule has 1 aliphatic rings. The molecule has 0 aliphatic heterocycles. The van der Waals surface area contributed by atoms with E-state index >= 15 is 0 Å². The molecule has 1 saturated carbocycles. The van der Waals surface area contributed by atoms with Crippen molar-refractivity contribution >= 4 is 17.5 Å². The van der Waals surface area contributed by atoms with Gasteiger partial charge in [0.25, 0.3) is 5.91 Å². The Hall–Kier alpha value is -2.18. The molecule has 0 radical (unpaired) electrons. The van der Waals surface area contributed by atoms with E-state index < -0.39 is 29.7 Å². The van der Waals surface area contributed by atoms with Crippen molar-refractivity contribution in [1.82, 2.24) is 5.32 Å². The summed E-state index contributed by atoms with van der Waals surface area (Å²) >= 11 is 5.85. The molecule has 26 heavy (non-hydrogen) atoms. The van der Waals surface area contributed by atoms with Crippen LogP contribution < -0.4 is 10.1 Å². The molecule has 2 aromatic carbocycles. The number of halogens is 3. The van der Waals surface area contributed by atoms with Crippen LogP contribution in [0.5, 0.6) is 5.75 Å². The molecule has 0 aromatic heterocycles. The van der Waals surface area contributed by atoms with Gasteiger partial charge in [0.05, 0.1) is 24.8 Å². The van der Waals surface area contributed by atoms with E-state index in [9.17, 15) is 18.7 Å². The summed E-state index contributed by atoms with van der Waals surface area (Å²) in [6.45, 7) is 0. The summed E-state index contributed by atoms with van der Waals surface area (Å²) in [7, 11) is 1.36. The van der Waals surface area contributed by atoms with E-state index in [0.717, 1.165) is 6.07 Å². The first-order valence-electron chi connectivity index (χ1n) is 8.16. The molecule has 2 N–H and O–H groups in total. The number of methoxy groups -OCH3 is 1. The van der Waals surface area contributed by atoms with Gasteiger partial charge in [-0.05, 0) is 54.7 Å². The average molecular weight is 382 g/mol. The summed E-state index contributed by atoms with van der Waals surface area (Å²) < 4.78 is 33.0. The number of hydrogen-bond acceptors (Lipinski definition) is 3. The molecule has 0 spiro atoms. The van der Waals surface area contributed by atoms with Crippen LogP contribution in [0.1, 0.15) is 34.8 Å². The number of carbonyl (C=O) groups is 1. The van der Waals surface area contributed by atoms with Crippen molar-refractivity contribution in [3.8, 4) is 5.75 Å². The van der Waals surface area contributed by atoms with E-state index in [1.807, 2.05) is 0 Å². The standard InChI is InChI=1S/C19H18ClF2NO3/c1-26-17-5-2-10(8-16(17)22)18(11-6-13(24)7-11)23-19(25)14-9-12(20)3-4-15(14)21/h2-5,8-9,11,13,18,24H,6-7H2,1H3,(H,23,25). The summed E-state index contributed by atoms with van der Waals surface area (Å²) in [5.74, 6) is -1.89. The average Bonchev–Trinajstić information content (AvgIpc) is 2.59. The third kappa shape index (κ3) is 3.81. The normalized spacial score (nSPS) is 20.2. The van der Waals surface area contributed by atoms with E-state index in [-0.39, 0.29) is 22.3 Å². The van der Waals surface area contributed by atoms with Crippen LogP contribution in [0.15, 0.2) is 36.4 Å². The Bertz CT molecular complexity index is 824. The lowest BCUT2D eigenvalue weighted by Crippen LogP contribution is -2.41. The van der Waals surface area contributed by atoms with Crippen molar-refractivity contribution in [1.29, 1.82) is 0 Å². The van der Waals surface area contributed by atoms with Gasteiger partial charge in [-0.15, -0.1) is 0 Å². The lowest BCUT2D eigenvalue weighted by atomic mass is 9.75. The fourth-order valence-electron chi connectivity index (χ4n) is 3.14. The zero-order valence-electron chi connectivity index (χ0n) is 14.0. The molecule has 1 aliphatic carbocycles. The van der Waals surface area contributed by atoms with E-state index in [1.54, 1.807) is 6.07 Å². The van der Waals surface area contributed by atoms with Crippen LogP contribution >= 0.6 is 11.6 Å². The predicted molar refractivity (Wildman–Crippen MR) is 93.3 cm³/mol. The molecule has 1 amide bonds. The summed E-state index contributed by atoms with van der Waals surface area (Å²) in [5, 5.41) is 12.6. The van der Waals surface area contributed by atoms with Gasteiger partial charge in [0.2, 0.25) is 0 Å². The van der Waals surface area contributed by atoms with Crippen molar-refractivity contribution in [3.63, 3.8) is 0 Å². The Labute approximate surface area is 154 Å². The van der Waals surface area contributed by atoms with E-state index in [4.69, 9.17) is 16.3 Å². The van der Waals surface area contributed by atoms with Crippen LogP contribution in [0, 0.1) is 17.6 Å². The molecule has 0 heterocycles. The molecule has 2 aromatic rings.